The van der Waals surface area contributed by atoms with Crippen LogP contribution in [-0.2, 0) is 14.1 Å². The second kappa shape index (κ2) is 6.98. The number of benzene rings is 1. The zero-order chi connectivity index (χ0) is 16.2. The summed E-state index contributed by atoms with van der Waals surface area (Å²) in [5.74, 6) is -3.36. The number of hydrogen-bond donors (Lipinski definition) is 2. The number of halogens is 2. The van der Waals surface area contributed by atoms with E-state index < -0.39 is 43.2 Å². The van der Waals surface area contributed by atoms with Gasteiger partial charge in [0.25, 0.3) is 0 Å². The summed E-state index contributed by atoms with van der Waals surface area (Å²) in [5, 5.41) is 2.01. The molecule has 0 aliphatic rings. The van der Waals surface area contributed by atoms with Crippen LogP contribution >= 0.6 is 7.75 Å². The Hall–Kier alpha value is -1.50. The lowest BCUT2D eigenvalue weighted by Gasteiger charge is -2.19. The Morgan fingerprint density at radius 1 is 1.33 bits per heavy atom. The van der Waals surface area contributed by atoms with Gasteiger partial charge in [-0.3, -0.25) is 4.79 Å². The Morgan fingerprint density at radius 3 is 2.48 bits per heavy atom. The molecule has 1 rings (SSSR count). The molecule has 9 heteroatoms. The van der Waals surface area contributed by atoms with Crippen molar-refractivity contribution in [3.05, 3.63) is 29.8 Å². The molecule has 0 aromatic heterocycles. The quantitative estimate of drug-likeness (QED) is 0.617. The van der Waals surface area contributed by atoms with Crippen molar-refractivity contribution >= 4 is 13.7 Å². The molecule has 2 N–H and O–H groups in total. The minimum atomic E-state index is -4.52. The molecule has 2 atom stereocenters. The van der Waals surface area contributed by atoms with E-state index in [9.17, 15) is 23.0 Å². The maximum absolute atomic E-state index is 13.3. The summed E-state index contributed by atoms with van der Waals surface area (Å²) < 4.78 is 47.2. The van der Waals surface area contributed by atoms with Crippen molar-refractivity contribution in [2.45, 2.75) is 32.9 Å². The maximum atomic E-state index is 13.3. The van der Waals surface area contributed by atoms with Crippen LogP contribution in [0.2, 0.25) is 0 Å². The number of hydrogen-bond acceptors (Lipinski definition) is 4. The SMILES string of the molecule is CC(C)OC(=O)[C@H](C)NP(=O)(O)Oc1ccc(F)cc1F. The highest BCUT2D eigenvalue weighted by Crippen LogP contribution is 2.40. The van der Waals surface area contributed by atoms with E-state index in [0.717, 1.165) is 12.1 Å². The number of ether oxygens (including phenoxy) is 1. The van der Waals surface area contributed by atoms with Crippen molar-refractivity contribution in [3.8, 4) is 5.75 Å². The van der Waals surface area contributed by atoms with Gasteiger partial charge >= 0.3 is 13.7 Å². The lowest BCUT2D eigenvalue weighted by Crippen LogP contribution is -2.35. The molecular weight excluding hydrogens is 307 g/mol. The van der Waals surface area contributed by atoms with Crippen molar-refractivity contribution in [1.82, 2.24) is 5.09 Å². The second-order valence-corrected chi connectivity index (χ2v) is 6.00. The molecule has 1 aromatic rings. The van der Waals surface area contributed by atoms with Gasteiger partial charge in [0.1, 0.15) is 11.9 Å². The van der Waals surface area contributed by atoms with E-state index in [0.29, 0.717) is 6.07 Å². The Morgan fingerprint density at radius 2 is 1.95 bits per heavy atom. The van der Waals surface area contributed by atoms with E-state index in [2.05, 4.69) is 4.52 Å². The van der Waals surface area contributed by atoms with E-state index in [1.807, 2.05) is 5.09 Å². The zero-order valence-electron chi connectivity index (χ0n) is 11.7. The smallest absolute Gasteiger partial charge is 0.456 e. The van der Waals surface area contributed by atoms with Crippen LogP contribution in [0.1, 0.15) is 20.8 Å². The molecule has 0 aliphatic heterocycles. The standard InChI is InChI=1S/C12H16F2NO5P/c1-7(2)19-12(16)8(3)15-21(17,18)20-11-5-4-9(13)6-10(11)14/h4-8H,1-3H3,(H2,15,17,18)/t8-/m0/s1. The van der Waals surface area contributed by atoms with Gasteiger partial charge in [-0.05, 0) is 32.9 Å². The highest BCUT2D eigenvalue weighted by molar-refractivity contribution is 7.51. The summed E-state index contributed by atoms with van der Waals surface area (Å²) in [6.45, 7) is 4.53. The topological polar surface area (TPSA) is 84.9 Å². The van der Waals surface area contributed by atoms with Crippen molar-refractivity contribution in [2.75, 3.05) is 0 Å². The molecule has 0 fully saturated rings. The van der Waals surface area contributed by atoms with Crippen LogP contribution in [-0.4, -0.2) is 23.0 Å². The predicted octanol–water partition coefficient (Wildman–Crippen LogP) is 2.37. The predicted molar refractivity (Wildman–Crippen MR) is 70.6 cm³/mol. The zero-order valence-corrected chi connectivity index (χ0v) is 12.6. The van der Waals surface area contributed by atoms with E-state index >= 15 is 0 Å². The fourth-order valence-corrected chi connectivity index (χ4v) is 2.40. The molecule has 6 nitrogen and oxygen atoms in total. The summed E-state index contributed by atoms with van der Waals surface area (Å²) in [7, 11) is -4.52. The van der Waals surface area contributed by atoms with Crippen LogP contribution in [0.3, 0.4) is 0 Å². The summed E-state index contributed by atoms with van der Waals surface area (Å²) in [4.78, 5) is 21.1. The van der Waals surface area contributed by atoms with Crippen molar-refractivity contribution < 1.29 is 32.3 Å². The van der Waals surface area contributed by atoms with Crippen LogP contribution in [0.5, 0.6) is 5.75 Å². The largest absolute Gasteiger partial charge is 0.462 e. The molecule has 21 heavy (non-hydrogen) atoms. The first-order valence-electron chi connectivity index (χ1n) is 6.06. The Kier molecular flexibility index (Phi) is 5.83. The van der Waals surface area contributed by atoms with Crippen LogP contribution < -0.4 is 9.61 Å². The highest BCUT2D eigenvalue weighted by atomic mass is 31.2. The molecule has 0 radical (unpaired) electrons. The number of rotatable bonds is 6. The van der Waals surface area contributed by atoms with Gasteiger partial charge in [-0.1, -0.05) is 0 Å². The monoisotopic (exact) mass is 323 g/mol. The average molecular weight is 323 g/mol. The lowest BCUT2D eigenvalue weighted by molar-refractivity contribution is -0.149. The molecule has 1 aromatic carbocycles. The molecule has 0 bridgehead atoms. The summed E-state index contributed by atoms with van der Waals surface area (Å²) >= 11 is 0. The van der Waals surface area contributed by atoms with Gasteiger partial charge in [0.15, 0.2) is 11.6 Å². The van der Waals surface area contributed by atoms with Gasteiger partial charge in [0, 0.05) is 6.07 Å². The van der Waals surface area contributed by atoms with Crippen molar-refractivity contribution in [1.29, 1.82) is 0 Å². The molecular formula is C12H16F2NO5P. The minimum Gasteiger partial charge on any atom is -0.462 e. The highest BCUT2D eigenvalue weighted by Gasteiger charge is 2.29. The van der Waals surface area contributed by atoms with Gasteiger partial charge in [-0.2, -0.15) is 5.09 Å². The Labute approximate surface area is 120 Å². The molecule has 0 amide bonds. The van der Waals surface area contributed by atoms with Crippen molar-refractivity contribution in [2.24, 2.45) is 0 Å². The molecule has 0 heterocycles. The second-order valence-electron chi connectivity index (χ2n) is 4.52. The van der Waals surface area contributed by atoms with Gasteiger partial charge in [0.2, 0.25) is 0 Å². The first-order valence-corrected chi connectivity index (χ1v) is 7.64. The Balaban J connectivity index is 2.73. The third-order valence-electron chi connectivity index (χ3n) is 2.18. The van der Waals surface area contributed by atoms with Crippen molar-refractivity contribution in [3.63, 3.8) is 0 Å². The van der Waals surface area contributed by atoms with Gasteiger partial charge in [-0.25, -0.2) is 13.3 Å². The van der Waals surface area contributed by atoms with E-state index in [4.69, 9.17) is 4.74 Å². The molecule has 0 saturated carbocycles. The van der Waals surface area contributed by atoms with Crippen LogP contribution in [0.15, 0.2) is 18.2 Å². The first kappa shape index (κ1) is 17.6. The first-order chi connectivity index (χ1) is 9.60. The third-order valence-corrected chi connectivity index (χ3v) is 3.34. The number of esters is 1. The fraction of sp³-hybridized carbons (Fsp3) is 0.417. The molecule has 0 saturated heterocycles. The van der Waals surface area contributed by atoms with Crippen LogP contribution in [0, 0.1) is 11.6 Å². The van der Waals surface area contributed by atoms with Gasteiger partial charge in [0.05, 0.1) is 6.10 Å². The number of nitrogens with one attached hydrogen (secondary N) is 1. The normalized spacial score (nSPS) is 15.4. The number of carbonyl (C=O) groups excluding carboxylic acids is 1. The Bertz CT molecular complexity index is 567. The molecule has 0 spiro atoms. The summed E-state index contributed by atoms with van der Waals surface area (Å²) in [5.41, 5.74) is 0. The van der Waals surface area contributed by atoms with E-state index in [-0.39, 0.29) is 0 Å². The van der Waals surface area contributed by atoms with Crippen LogP contribution in [0.25, 0.3) is 0 Å². The fourth-order valence-electron chi connectivity index (χ4n) is 1.34. The number of carbonyl (C=O) groups is 1. The molecule has 118 valence electrons. The summed E-state index contributed by atoms with van der Waals surface area (Å²) in [6, 6.07) is 1.10. The third kappa shape index (κ3) is 5.79. The minimum absolute atomic E-state index is 0.393. The van der Waals surface area contributed by atoms with E-state index in [1.165, 1.54) is 6.92 Å². The van der Waals surface area contributed by atoms with E-state index in [1.54, 1.807) is 13.8 Å². The van der Waals surface area contributed by atoms with Gasteiger partial charge in [-0.15, -0.1) is 0 Å². The molecule has 0 aliphatic carbocycles. The summed E-state index contributed by atoms with van der Waals surface area (Å²) in [6.07, 6.45) is -0.393. The van der Waals surface area contributed by atoms with Gasteiger partial charge < -0.3 is 14.2 Å². The molecule has 1 unspecified atom stereocenters. The lowest BCUT2D eigenvalue weighted by atomic mass is 10.3. The van der Waals surface area contributed by atoms with Crippen LogP contribution in [0.4, 0.5) is 8.78 Å². The maximum Gasteiger partial charge on any atom is 0.456 e. The average Bonchev–Trinajstić information content (AvgIpc) is 2.31.